The highest BCUT2D eigenvalue weighted by atomic mass is 19.1. The van der Waals surface area contributed by atoms with Crippen LogP contribution in [0.5, 0.6) is 0 Å². The lowest BCUT2D eigenvalue weighted by Gasteiger charge is -2.13. The van der Waals surface area contributed by atoms with E-state index in [1.54, 1.807) is 6.20 Å². The Labute approximate surface area is 106 Å². The van der Waals surface area contributed by atoms with Crippen LogP contribution in [0.15, 0.2) is 36.5 Å². The third-order valence-electron chi connectivity index (χ3n) is 3.48. The molecule has 3 nitrogen and oxygen atoms in total. The minimum Gasteiger partial charge on any atom is -0.313 e. The summed E-state index contributed by atoms with van der Waals surface area (Å²) >= 11 is 0. The van der Waals surface area contributed by atoms with Crippen molar-refractivity contribution in [3.63, 3.8) is 0 Å². The molecule has 1 N–H and O–H groups in total. The number of benzene rings is 1. The molecular weight excluding hydrogens is 229 g/mol. The third-order valence-corrected chi connectivity index (χ3v) is 3.48. The summed E-state index contributed by atoms with van der Waals surface area (Å²) in [5.41, 5.74) is 1.43. The van der Waals surface area contributed by atoms with Crippen molar-refractivity contribution in [3.8, 4) is 5.69 Å². The molecule has 1 atom stereocenters. The highest BCUT2D eigenvalue weighted by Gasteiger charge is 2.34. The minimum absolute atomic E-state index is 0.0856. The first-order chi connectivity index (χ1) is 8.81. The molecule has 2 aromatic rings. The van der Waals surface area contributed by atoms with Gasteiger partial charge in [-0.25, -0.2) is 4.68 Å². The molecule has 94 valence electrons. The van der Waals surface area contributed by atoms with Gasteiger partial charge in [0.05, 0.1) is 11.9 Å². The van der Waals surface area contributed by atoms with Gasteiger partial charge in [0, 0.05) is 11.6 Å². The average Bonchev–Trinajstić information content (AvgIpc) is 3.17. The molecule has 1 unspecified atom stereocenters. The van der Waals surface area contributed by atoms with Crippen LogP contribution in [0.1, 0.15) is 24.4 Å². The number of nitrogens with one attached hydrogen (secondary N) is 1. The van der Waals surface area contributed by atoms with Crippen molar-refractivity contribution in [1.29, 1.82) is 0 Å². The Morgan fingerprint density at radius 3 is 2.67 bits per heavy atom. The molecule has 0 aliphatic heterocycles. The lowest BCUT2D eigenvalue weighted by molar-refractivity contribution is 0.470. The quantitative estimate of drug-likeness (QED) is 0.897. The smallest absolute Gasteiger partial charge is 0.221 e. The first kappa shape index (κ1) is 11.4. The van der Waals surface area contributed by atoms with Crippen molar-refractivity contribution in [1.82, 2.24) is 15.1 Å². The summed E-state index contributed by atoms with van der Waals surface area (Å²) in [4.78, 5) is 0. The molecule has 0 radical (unpaired) electrons. The fraction of sp³-hybridized carbons (Fsp3) is 0.357. The highest BCUT2D eigenvalue weighted by Crippen LogP contribution is 2.41. The summed E-state index contributed by atoms with van der Waals surface area (Å²) in [7, 11) is 1.88. The molecule has 1 heterocycles. The van der Waals surface area contributed by atoms with Crippen LogP contribution < -0.4 is 5.32 Å². The lowest BCUT2D eigenvalue weighted by atomic mass is 10.1. The molecule has 0 saturated heterocycles. The second kappa shape index (κ2) is 4.53. The van der Waals surface area contributed by atoms with E-state index in [0.29, 0.717) is 11.5 Å². The number of aromatic nitrogens is 2. The van der Waals surface area contributed by atoms with Crippen LogP contribution in [0.4, 0.5) is 4.39 Å². The zero-order chi connectivity index (χ0) is 12.5. The lowest BCUT2D eigenvalue weighted by Crippen LogP contribution is -2.19. The Morgan fingerprint density at radius 1 is 1.33 bits per heavy atom. The number of hydrogen-bond acceptors (Lipinski definition) is 2. The van der Waals surface area contributed by atoms with Crippen molar-refractivity contribution in [2.45, 2.75) is 18.9 Å². The topological polar surface area (TPSA) is 29.9 Å². The standard InChI is InChI=1S/C14H16FN3/c1-16-13(10-7-8-10)12-9-17-18(14(12)15)11-5-3-2-4-6-11/h2-6,9-10,13,16H,7-8H2,1H3. The van der Waals surface area contributed by atoms with Gasteiger partial charge in [0.25, 0.3) is 0 Å². The zero-order valence-electron chi connectivity index (χ0n) is 10.3. The fourth-order valence-electron chi connectivity index (χ4n) is 2.38. The van der Waals surface area contributed by atoms with Gasteiger partial charge in [-0.1, -0.05) is 18.2 Å². The second-order valence-corrected chi connectivity index (χ2v) is 4.74. The molecule has 1 fully saturated rings. The van der Waals surface area contributed by atoms with Crippen LogP contribution in [0, 0.1) is 11.9 Å². The van der Waals surface area contributed by atoms with Gasteiger partial charge in [-0.2, -0.15) is 9.49 Å². The average molecular weight is 245 g/mol. The van der Waals surface area contributed by atoms with Crippen molar-refractivity contribution in [2.75, 3.05) is 7.05 Å². The van der Waals surface area contributed by atoms with Crippen molar-refractivity contribution >= 4 is 0 Å². The molecule has 1 aromatic carbocycles. The summed E-state index contributed by atoms with van der Waals surface area (Å²) in [6.07, 6.45) is 3.98. The molecule has 3 rings (SSSR count). The van der Waals surface area contributed by atoms with Gasteiger partial charge in [0.15, 0.2) is 0 Å². The SMILES string of the molecule is CNC(c1cnn(-c2ccccc2)c1F)C1CC1. The van der Waals surface area contributed by atoms with E-state index in [1.807, 2.05) is 37.4 Å². The predicted octanol–water partition coefficient (Wildman–Crippen LogP) is 2.68. The number of hydrogen-bond donors (Lipinski definition) is 1. The third kappa shape index (κ3) is 1.93. The van der Waals surface area contributed by atoms with Gasteiger partial charge in [-0.15, -0.1) is 0 Å². The maximum Gasteiger partial charge on any atom is 0.221 e. The fourth-order valence-corrected chi connectivity index (χ4v) is 2.38. The Morgan fingerprint density at radius 2 is 2.06 bits per heavy atom. The molecular formula is C14H16FN3. The van der Waals surface area contributed by atoms with E-state index in [-0.39, 0.29) is 12.0 Å². The summed E-state index contributed by atoms with van der Waals surface area (Å²) in [6.45, 7) is 0. The molecule has 1 aliphatic rings. The highest BCUT2D eigenvalue weighted by molar-refractivity contribution is 5.32. The van der Waals surface area contributed by atoms with E-state index in [9.17, 15) is 4.39 Å². The summed E-state index contributed by atoms with van der Waals surface area (Å²) in [5, 5.41) is 7.36. The Balaban J connectivity index is 1.97. The molecule has 0 bridgehead atoms. The summed E-state index contributed by atoms with van der Waals surface area (Å²) in [6, 6.07) is 9.46. The number of halogens is 1. The van der Waals surface area contributed by atoms with Crippen LogP contribution in [0.3, 0.4) is 0 Å². The van der Waals surface area contributed by atoms with E-state index >= 15 is 0 Å². The Hall–Kier alpha value is -1.68. The van der Waals surface area contributed by atoms with Gasteiger partial charge in [-0.05, 0) is 37.9 Å². The zero-order valence-corrected chi connectivity index (χ0v) is 10.3. The monoisotopic (exact) mass is 245 g/mol. The van der Waals surface area contributed by atoms with Gasteiger partial charge < -0.3 is 5.32 Å². The van der Waals surface area contributed by atoms with E-state index in [4.69, 9.17) is 0 Å². The number of para-hydroxylation sites is 1. The summed E-state index contributed by atoms with van der Waals surface area (Å²) in [5.74, 6) is 0.297. The van der Waals surface area contributed by atoms with Gasteiger partial charge in [0.2, 0.25) is 5.95 Å². The van der Waals surface area contributed by atoms with Gasteiger partial charge in [-0.3, -0.25) is 0 Å². The van der Waals surface area contributed by atoms with Gasteiger partial charge in [0.1, 0.15) is 0 Å². The second-order valence-electron chi connectivity index (χ2n) is 4.74. The molecule has 0 spiro atoms. The molecule has 1 aromatic heterocycles. The van der Waals surface area contributed by atoms with Crippen molar-refractivity contribution in [2.24, 2.45) is 5.92 Å². The van der Waals surface area contributed by atoms with Crippen LogP contribution in [-0.2, 0) is 0 Å². The largest absolute Gasteiger partial charge is 0.313 e. The molecule has 1 saturated carbocycles. The minimum atomic E-state index is -0.257. The molecule has 0 amide bonds. The van der Waals surface area contributed by atoms with E-state index < -0.39 is 0 Å². The molecule has 4 heteroatoms. The van der Waals surface area contributed by atoms with E-state index in [0.717, 1.165) is 5.69 Å². The number of rotatable bonds is 4. The van der Waals surface area contributed by atoms with Crippen molar-refractivity contribution < 1.29 is 4.39 Å². The molecule has 18 heavy (non-hydrogen) atoms. The van der Waals surface area contributed by atoms with Gasteiger partial charge >= 0.3 is 0 Å². The van der Waals surface area contributed by atoms with Crippen LogP contribution in [0.25, 0.3) is 5.69 Å². The number of nitrogens with zero attached hydrogens (tertiary/aromatic N) is 2. The molecule has 1 aliphatic carbocycles. The Kier molecular flexibility index (Phi) is 2.88. The Bertz CT molecular complexity index is 531. The van der Waals surface area contributed by atoms with Crippen LogP contribution in [-0.4, -0.2) is 16.8 Å². The van der Waals surface area contributed by atoms with E-state index in [2.05, 4.69) is 10.4 Å². The van der Waals surface area contributed by atoms with Crippen LogP contribution >= 0.6 is 0 Å². The van der Waals surface area contributed by atoms with E-state index in [1.165, 1.54) is 17.5 Å². The first-order valence-electron chi connectivity index (χ1n) is 6.27. The van der Waals surface area contributed by atoms with Crippen molar-refractivity contribution in [3.05, 3.63) is 48.0 Å². The normalized spacial score (nSPS) is 16.8. The maximum atomic E-state index is 14.4. The van der Waals surface area contributed by atoms with Crippen LogP contribution in [0.2, 0.25) is 0 Å². The maximum absolute atomic E-state index is 14.4. The predicted molar refractivity (Wildman–Crippen MR) is 68.0 cm³/mol. The first-order valence-corrected chi connectivity index (χ1v) is 6.27. The summed E-state index contributed by atoms with van der Waals surface area (Å²) < 4.78 is 15.8.